The predicted molar refractivity (Wildman–Crippen MR) is 112 cm³/mol. The van der Waals surface area contributed by atoms with E-state index < -0.39 is 0 Å². The average Bonchev–Trinajstić information content (AvgIpc) is 3.14. The van der Waals surface area contributed by atoms with E-state index in [-0.39, 0.29) is 5.54 Å². The summed E-state index contributed by atoms with van der Waals surface area (Å²) in [5.74, 6) is 0.768. The maximum atomic E-state index is 5.81. The van der Waals surface area contributed by atoms with Crippen LogP contribution in [0.15, 0.2) is 60.1 Å². The number of nitrogens with zero attached hydrogens (tertiary/aromatic N) is 2. The highest BCUT2D eigenvalue weighted by molar-refractivity contribution is 6.10. The van der Waals surface area contributed by atoms with Crippen LogP contribution in [-0.4, -0.2) is 22.6 Å². The molecule has 3 nitrogen and oxygen atoms in total. The van der Waals surface area contributed by atoms with Crippen molar-refractivity contribution in [2.45, 2.75) is 46.2 Å². The number of aliphatic imine (C=N–C) groups is 1. The second-order valence-corrected chi connectivity index (χ2v) is 7.33. The number of para-hydroxylation sites is 1. The lowest BCUT2D eigenvalue weighted by Gasteiger charge is -2.07. The Morgan fingerprint density at radius 3 is 2.50 bits per heavy atom. The molecule has 1 aliphatic heterocycles. The Kier molecular flexibility index (Phi) is 5.17. The monoisotopic (exact) mass is 348 g/mol. The third-order valence-electron chi connectivity index (χ3n) is 4.43. The summed E-state index contributed by atoms with van der Waals surface area (Å²) in [4.78, 5) is 4.71. The quantitative estimate of drug-likeness (QED) is 0.537. The Balaban J connectivity index is 0.000000613. The van der Waals surface area contributed by atoms with Crippen molar-refractivity contribution in [2.24, 2.45) is 4.99 Å². The maximum absolute atomic E-state index is 5.81. The second-order valence-electron chi connectivity index (χ2n) is 7.33. The number of rotatable bonds is 3. The second kappa shape index (κ2) is 7.36. The van der Waals surface area contributed by atoms with Gasteiger partial charge in [-0.05, 0) is 51.5 Å². The fourth-order valence-corrected chi connectivity index (χ4v) is 3.38. The van der Waals surface area contributed by atoms with Gasteiger partial charge in [0.1, 0.15) is 6.61 Å². The van der Waals surface area contributed by atoms with Gasteiger partial charge in [-0.25, -0.2) is 4.99 Å². The Hall–Kier alpha value is -2.55. The molecule has 0 unspecified atom stereocenters. The molecule has 0 N–H and O–H groups in total. The van der Waals surface area contributed by atoms with E-state index in [2.05, 4.69) is 74.4 Å². The average molecular weight is 348 g/mol. The summed E-state index contributed by atoms with van der Waals surface area (Å²) in [5.41, 5.74) is 3.54. The number of allylic oxidation sites excluding steroid dienone is 1. The number of ether oxygens (including phenoxy) is 1. The molecular weight excluding hydrogens is 320 g/mol. The third-order valence-corrected chi connectivity index (χ3v) is 4.43. The smallest absolute Gasteiger partial charge is 0.216 e. The van der Waals surface area contributed by atoms with E-state index in [9.17, 15) is 0 Å². The van der Waals surface area contributed by atoms with Gasteiger partial charge >= 0.3 is 0 Å². The van der Waals surface area contributed by atoms with Gasteiger partial charge in [-0.1, -0.05) is 31.2 Å². The lowest BCUT2D eigenvalue weighted by molar-refractivity contribution is 0.279. The highest BCUT2D eigenvalue weighted by Gasteiger charge is 2.27. The predicted octanol–water partition coefficient (Wildman–Crippen LogP) is 5.95. The van der Waals surface area contributed by atoms with E-state index in [0.29, 0.717) is 6.61 Å². The Labute approximate surface area is 156 Å². The molecule has 0 atom stereocenters. The third kappa shape index (κ3) is 3.39. The van der Waals surface area contributed by atoms with Crippen molar-refractivity contribution in [1.82, 2.24) is 4.57 Å². The Morgan fingerprint density at radius 1 is 1.15 bits per heavy atom. The van der Waals surface area contributed by atoms with Crippen LogP contribution in [0.5, 0.6) is 0 Å². The number of fused-ring (bicyclic) bond motifs is 3. The molecule has 0 radical (unpaired) electrons. The minimum atomic E-state index is -0.125. The summed E-state index contributed by atoms with van der Waals surface area (Å²) in [6.07, 6.45) is 2.87. The first-order chi connectivity index (χ1) is 12.5. The molecule has 1 aliphatic rings. The van der Waals surface area contributed by atoms with Crippen molar-refractivity contribution in [2.75, 3.05) is 6.61 Å². The molecule has 0 bridgehead atoms. The summed E-state index contributed by atoms with van der Waals surface area (Å²) in [7, 11) is 0. The normalized spacial score (nSPS) is 15.3. The van der Waals surface area contributed by atoms with E-state index >= 15 is 0 Å². The van der Waals surface area contributed by atoms with Crippen LogP contribution in [0.25, 0.3) is 21.8 Å². The molecule has 26 heavy (non-hydrogen) atoms. The molecule has 136 valence electrons. The molecular formula is C23H28N2O. The molecule has 0 aliphatic carbocycles. The van der Waals surface area contributed by atoms with Gasteiger partial charge in [-0.15, -0.1) is 6.58 Å². The largest absolute Gasteiger partial charge is 0.475 e. The van der Waals surface area contributed by atoms with E-state index in [1.165, 1.54) is 21.8 Å². The van der Waals surface area contributed by atoms with E-state index in [4.69, 9.17) is 9.73 Å². The summed E-state index contributed by atoms with van der Waals surface area (Å²) in [6, 6.07) is 15.2. The van der Waals surface area contributed by atoms with Crippen LogP contribution >= 0.6 is 0 Å². The molecule has 0 spiro atoms. The lowest BCUT2D eigenvalue weighted by atomic mass is 10.1. The van der Waals surface area contributed by atoms with Gasteiger partial charge in [0.25, 0.3) is 0 Å². The fraction of sp³-hybridized carbons (Fsp3) is 0.348. The highest BCUT2D eigenvalue weighted by Crippen LogP contribution is 2.31. The van der Waals surface area contributed by atoms with Crippen LogP contribution < -0.4 is 0 Å². The zero-order valence-corrected chi connectivity index (χ0v) is 16.2. The van der Waals surface area contributed by atoms with Crippen molar-refractivity contribution in [1.29, 1.82) is 0 Å². The van der Waals surface area contributed by atoms with Crippen LogP contribution in [0.2, 0.25) is 0 Å². The summed E-state index contributed by atoms with van der Waals surface area (Å²) < 4.78 is 8.23. The molecule has 2 heterocycles. The van der Waals surface area contributed by atoms with Gasteiger partial charge in [0.05, 0.1) is 5.54 Å². The standard InChI is InChI=1S/C20H22N2O.C3H6/c1-4-11-22-17-8-6-5-7-15(17)16-12-14(9-10-18(16)22)19-21-20(2,3)13-23-19;1-3-2/h5-10,12H,4,11,13H2,1-3H3;3H,1H2,2H3. The van der Waals surface area contributed by atoms with Crippen molar-refractivity contribution in [3.05, 3.63) is 60.7 Å². The minimum absolute atomic E-state index is 0.125. The zero-order chi connectivity index (χ0) is 18.7. The minimum Gasteiger partial charge on any atom is -0.475 e. The molecule has 0 saturated carbocycles. The summed E-state index contributed by atoms with van der Waals surface area (Å²) in [5, 5.41) is 2.58. The van der Waals surface area contributed by atoms with Crippen molar-refractivity contribution in [3.63, 3.8) is 0 Å². The maximum Gasteiger partial charge on any atom is 0.216 e. The van der Waals surface area contributed by atoms with Crippen molar-refractivity contribution >= 4 is 27.7 Å². The van der Waals surface area contributed by atoms with Crippen LogP contribution in [0, 0.1) is 0 Å². The van der Waals surface area contributed by atoms with E-state index in [0.717, 1.165) is 24.4 Å². The van der Waals surface area contributed by atoms with Gasteiger partial charge in [-0.2, -0.15) is 0 Å². The molecule has 1 aromatic heterocycles. The molecule has 0 fully saturated rings. The number of aryl methyl sites for hydroxylation is 1. The molecule has 0 amide bonds. The number of hydrogen-bond donors (Lipinski definition) is 0. The van der Waals surface area contributed by atoms with Gasteiger partial charge in [0.2, 0.25) is 5.90 Å². The van der Waals surface area contributed by atoms with Crippen molar-refractivity contribution in [3.8, 4) is 0 Å². The number of benzene rings is 2. The van der Waals surface area contributed by atoms with Crippen LogP contribution in [0.4, 0.5) is 0 Å². The zero-order valence-electron chi connectivity index (χ0n) is 16.2. The Bertz CT molecular complexity index is 963. The van der Waals surface area contributed by atoms with E-state index in [1.54, 1.807) is 6.08 Å². The topological polar surface area (TPSA) is 26.5 Å². The molecule has 3 aromatic rings. The molecule has 0 saturated heterocycles. The highest BCUT2D eigenvalue weighted by atomic mass is 16.5. The number of hydrogen-bond acceptors (Lipinski definition) is 2. The van der Waals surface area contributed by atoms with E-state index in [1.807, 2.05) is 6.92 Å². The fourth-order valence-electron chi connectivity index (χ4n) is 3.38. The Morgan fingerprint density at radius 2 is 1.85 bits per heavy atom. The van der Waals surface area contributed by atoms with Crippen LogP contribution in [0.3, 0.4) is 0 Å². The first-order valence-corrected chi connectivity index (χ1v) is 9.32. The van der Waals surface area contributed by atoms with Crippen LogP contribution in [-0.2, 0) is 11.3 Å². The summed E-state index contributed by atoms with van der Waals surface area (Å²) >= 11 is 0. The lowest BCUT2D eigenvalue weighted by Crippen LogP contribution is -2.17. The van der Waals surface area contributed by atoms with Gasteiger partial charge in [0, 0.05) is 33.9 Å². The first-order valence-electron chi connectivity index (χ1n) is 9.32. The molecule has 2 aromatic carbocycles. The van der Waals surface area contributed by atoms with Gasteiger partial charge in [-0.3, -0.25) is 0 Å². The SMILES string of the molecule is C=CC.CCCn1c2ccccc2c2cc(C3=NC(C)(C)CO3)ccc21. The number of aromatic nitrogens is 1. The van der Waals surface area contributed by atoms with Gasteiger partial charge < -0.3 is 9.30 Å². The molecule has 3 heteroatoms. The van der Waals surface area contributed by atoms with Crippen LogP contribution in [0.1, 0.15) is 39.7 Å². The summed E-state index contributed by atoms with van der Waals surface area (Å²) in [6.45, 7) is 13.4. The molecule has 4 rings (SSSR count). The van der Waals surface area contributed by atoms with Gasteiger partial charge in [0.15, 0.2) is 0 Å². The van der Waals surface area contributed by atoms with Crippen molar-refractivity contribution < 1.29 is 4.74 Å². The first kappa shape index (κ1) is 18.2.